The zero-order valence-corrected chi connectivity index (χ0v) is 18.4. The smallest absolute Gasteiger partial charge is 0.251 e. The van der Waals surface area contributed by atoms with Crippen molar-refractivity contribution in [1.29, 1.82) is 0 Å². The standard InChI is InChI=1S/C21H30N4O5/c1-7-28-16-10-15(11-17(29-8-2)20(16)30-9-3)21(27)22-12-18(26)23-19-13(4)24-25(6)14(19)5/h10-11H,7-9,12H2,1-6H3,(H,22,27)(H,23,26). The lowest BCUT2D eigenvalue weighted by Gasteiger charge is -2.17. The predicted octanol–water partition coefficient (Wildman–Crippen LogP) is 2.60. The summed E-state index contributed by atoms with van der Waals surface area (Å²) in [5, 5.41) is 9.67. The van der Waals surface area contributed by atoms with E-state index in [0.717, 1.165) is 5.69 Å². The highest BCUT2D eigenvalue weighted by Crippen LogP contribution is 2.39. The van der Waals surface area contributed by atoms with Crippen LogP contribution in [0.3, 0.4) is 0 Å². The van der Waals surface area contributed by atoms with Crippen molar-refractivity contribution < 1.29 is 23.8 Å². The first kappa shape index (κ1) is 23.1. The highest BCUT2D eigenvalue weighted by atomic mass is 16.5. The molecule has 0 spiro atoms. The molecule has 0 aliphatic rings. The Hall–Kier alpha value is -3.23. The molecule has 1 aromatic heterocycles. The number of nitrogens with one attached hydrogen (secondary N) is 2. The lowest BCUT2D eigenvalue weighted by Crippen LogP contribution is -2.33. The van der Waals surface area contributed by atoms with Crippen molar-refractivity contribution in [3.8, 4) is 17.2 Å². The van der Waals surface area contributed by atoms with Gasteiger partial charge in [0.05, 0.1) is 43.4 Å². The van der Waals surface area contributed by atoms with E-state index in [1.807, 2.05) is 34.6 Å². The van der Waals surface area contributed by atoms with Crippen LogP contribution in [0, 0.1) is 13.8 Å². The Kier molecular flexibility index (Phi) is 8.08. The summed E-state index contributed by atoms with van der Waals surface area (Å²) in [6.45, 7) is 10.3. The predicted molar refractivity (Wildman–Crippen MR) is 114 cm³/mol. The fraction of sp³-hybridized carbons (Fsp3) is 0.476. The van der Waals surface area contributed by atoms with Crippen LogP contribution in [0.25, 0.3) is 0 Å². The van der Waals surface area contributed by atoms with Gasteiger partial charge < -0.3 is 24.8 Å². The van der Waals surface area contributed by atoms with Crippen LogP contribution in [0.15, 0.2) is 12.1 Å². The number of aryl methyl sites for hydroxylation is 2. The molecule has 2 aromatic rings. The van der Waals surface area contributed by atoms with Crippen LogP contribution in [0.1, 0.15) is 42.5 Å². The van der Waals surface area contributed by atoms with Gasteiger partial charge in [0.25, 0.3) is 5.91 Å². The normalized spacial score (nSPS) is 10.5. The molecular weight excluding hydrogens is 388 g/mol. The number of carbonyl (C=O) groups excluding carboxylic acids is 2. The summed E-state index contributed by atoms with van der Waals surface area (Å²) in [7, 11) is 1.80. The lowest BCUT2D eigenvalue weighted by atomic mass is 10.1. The molecule has 9 nitrogen and oxygen atoms in total. The first-order chi connectivity index (χ1) is 14.3. The van der Waals surface area contributed by atoms with Gasteiger partial charge in [0.15, 0.2) is 11.5 Å². The number of rotatable bonds is 10. The van der Waals surface area contributed by atoms with Crippen LogP contribution in [-0.4, -0.2) is 48.0 Å². The molecule has 0 saturated carbocycles. The molecule has 0 unspecified atom stereocenters. The van der Waals surface area contributed by atoms with Crippen LogP contribution in [0.2, 0.25) is 0 Å². The van der Waals surface area contributed by atoms with Crippen LogP contribution < -0.4 is 24.8 Å². The summed E-state index contributed by atoms with van der Waals surface area (Å²) in [4.78, 5) is 25.0. The van der Waals surface area contributed by atoms with Gasteiger partial charge in [-0.05, 0) is 46.8 Å². The van der Waals surface area contributed by atoms with Gasteiger partial charge in [-0.15, -0.1) is 0 Å². The molecule has 0 fully saturated rings. The third-order valence-corrected chi connectivity index (χ3v) is 4.35. The first-order valence-corrected chi connectivity index (χ1v) is 9.96. The van der Waals surface area contributed by atoms with Gasteiger partial charge in [-0.2, -0.15) is 5.10 Å². The third kappa shape index (κ3) is 5.43. The quantitative estimate of drug-likeness (QED) is 0.615. The molecule has 1 heterocycles. The molecule has 0 aliphatic heterocycles. The maximum Gasteiger partial charge on any atom is 0.251 e. The minimum atomic E-state index is -0.422. The highest BCUT2D eigenvalue weighted by Gasteiger charge is 2.19. The van der Waals surface area contributed by atoms with Gasteiger partial charge in [-0.3, -0.25) is 14.3 Å². The average molecular weight is 418 g/mol. The van der Waals surface area contributed by atoms with Crippen molar-refractivity contribution in [3.05, 3.63) is 29.1 Å². The zero-order valence-electron chi connectivity index (χ0n) is 18.4. The van der Waals surface area contributed by atoms with Crippen molar-refractivity contribution >= 4 is 17.5 Å². The van der Waals surface area contributed by atoms with E-state index in [1.54, 1.807) is 23.9 Å². The number of benzene rings is 1. The molecule has 164 valence electrons. The molecule has 0 bridgehead atoms. The lowest BCUT2D eigenvalue weighted by molar-refractivity contribution is -0.115. The van der Waals surface area contributed by atoms with Crippen molar-refractivity contribution in [2.75, 3.05) is 31.7 Å². The molecule has 2 N–H and O–H groups in total. The van der Waals surface area contributed by atoms with Gasteiger partial charge in [0, 0.05) is 12.6 Å². The number of hydrogen-bond acceptors (Lipinski definition) is 6. The maximum absolute atomic E-state index is 12.7. The second-order valence-electron chi connectivity index (χ2n) is 6.50. The van der Waals surface area contributed by atoms with Crippen LogP contribution in [0.5, 0.6) is 17.2 Å². The van der Waals surface area contributed by atoms with Crippen molar-refractivity contribution in [1.82, 2.24) is 15.1 Å². The monoisotopic (exact) mass is 418 g/mol. The Morgan fingerprint density at radius 1 is 1.00 bits per heavy atom. The fourth-order valence-electron chi connectivity index (χ4n) is 2.92. The molecule has 1 aromatic carbocycles. The van der Waals surface area contributed by atoms with E-state index < -0.39 is 5.91 Å². The Balaban J connectivity index is 2.14. The van der Waals surface area contributed by atoms with E-state index in [9.17, 15) is 9.59 Å². The largest absolute Gasteiger partial charge is 0.490 e. The van der Waals surface area contributed by atoms with Gasteiger partial charge in [0.2, 0.25) is 11.7 Å². The molecule has 0 aliphatic carbocycles. The van der Waals surface area contributed by atoms with Gasteiger partial charge in [-0.25, -0.2) is 0 Å². The van der Waals surface area contributed by atoms with E-state index >= 15 is 0 Å². The maximum atomic E-state index is 12.7. The SMILES string of the molecule is CCOc1cc(C(=O)NCC(=O)Nc2c(C)nn(C)c2C)cc(OCC)c1OCC. The molecule has 30 heavy (non-hydrogen) atoms. The zero-order chi connectivity index (χ0) is 22.3. The minimum absolute atomic E-state index is 0.187. The molecular formula is C21H30N4O5. The van der Waals surface area contributed by atoms with E-state index in [1.165, 1.54) is 0 Å². The minimum Gasteiger partial charge on any atom is -0.490 e. The Morgan fingerprint density at radius 2 is 1.57 bits per heavy atom. The highest BCUT2D eigenvalue weighted by molar-refractivity contribution is 6.00. The Labute approximate surface area is 176 Å². The summed E-state index contributed by atoms with van der Waals surface area (Å²) >= 11 is 0. The molecule has 9 heteroatoms. The summed E-state index contributed by atoms with van der Waals surface area (Å²) < 4.78 is 18.6. The fourth-order valence-corrected chi connectivity index (χ4v) is 2.92. The summed E-state index contributed by atoms with van der Waals surface area (Å²) in [6, 6.07) is 3.17. The first-order valence-electron chi connectivity index (χ1n) is 9.96. The summed E-state index contributed by atoms with van der Waals surface area (Å²) in [5.41, 5.74) is 2.51. The van der Waals surface area contributed by atoms with Gasteiger partial charge >= 0.3 is 0 Å². The van der Waals surface area contributed by atoms with E-state index in [-0.39, 0.29) is 12.5 Å². The number of aromatic nitrogens is 2. The molecule has 2 amide bonds. The number of ether oxygens (including phenoxy) is 3. The molecule has 0 atom stereocenters. The third-order valence-electron chi connectivity index (χ3n) is 4.35. The number of amides is 2. The number of carbonyl (C=O) groups is 2. The van der Waals surface area contributed by atoms with Crippen LogP contribution in [-0.2, 0) is 11.8 Å². The molecule has 0 saturated heterocycles. The molecule has 0 radical (unpaired) electrons. The number of hydrogen-bond donors (Lipinski definition) is 2. The van der Waals surface area contributed by atoms with Gasteiger partial charge in [0.1, 0.15) is 0 Å². The second-order valence-corrected chi connectivity index (χ2v) is 6.50. The van der Waals surface area contributed by atoms with Crippen molar-refractivity contribution in [3.63, 3.8) is 0 Å². The molecule has 2 rings (SSSR count). The van der Waals surface area contributed by atoms with Crippen LogP contribution in [0.4, 0.5) is 5.69 Å². The topological polar surface area (TPSA) is 104 Å². The van der Waals surface area contributed by atoms with Gasteiger partial charge in [-0.1, -0.05) is 0 Å². The van der Waals surface area contributed by atoms with Crippen molar-refractivity contribution in [2.45, 2.75) is 34.6 Å². The Morgan fingerprint density at radius 3 is 2.03 bits per heavy atom. The van der Waals surface area contributed by atoms with E-state index in [0.29, 0.717) is 54.0 Å². The second kappa shape index (κ2) is 10.5. The van der Waals surface area contributed by atoms with Crippen LogP contribution >= 0.6 is 0 Å². The average Bonchev–Trinajstić information content (AvgIpc) is 2.94. The van der Waals surface area contributed by atoms with E-state index in [2.05, 4.69) is 15.7 Å². The van der Waals surface area contributed by atoms with E-state index in [4.69, 9.17) is 14.2 Å². The van der Waals surface area contributed by atoms with Crippen molar-refractivity contribution in [2.24, 2.45) is 7.05 Å². The Bertz CT molecular complexity index is 880. The number of nitrogens with zero attached hydrogens (tertiary/aromatic N) is 2. The summed E-state index contributed by atoms with van der Waals surface area (Å²) in [6.07, 6.45) is 0. The number of anilines is 1. The summed E-state index contributed by atoms with van der Waals surface area (Å²) in [5.74, 6) is 0.527.